The number of halogens is 4. The van der Waals surface area contributed by atoms with E-state index in [2.05, 4.69) is 4.84 Å². The molecule has 1 aliphatic heterocycles. The van der Waals surface area contributed by atoms with Crippen molar-refractivity contribution in [1.29, 1.82) is 0 Å². The minimum Gasteiger partial charge on any atom is -0.475 e. The number of hydrogen-bond donors (Lipinski definition) is 0. The standard InChI is InChI=1S/C22H25ClF3NO9S/c1-12(35-20(29)32-5-7-37-8-6-33-27(30)31)34-19(28)14-9-13-10-16(23)15(21(2,3)4)11-17(13)36-18(14)22(24,25)26/h9-12,18H,5-8H2,1-4H3/t12?,18-/m0/s1. The third-order valence-corrected chi connectivity index (χ3v) is 5.91. The zero-order valence-electron chi connectivity index (χ0n) is 20.3. The van der Waals surface area contributed by atoms with Crippen LogP contribution >= 0.6 is 23.4 Å². The second-order valence-corrected chi connectivity index (χ2v) is 10.2. The second-order valence-electron chi connectivity index (χ2n) is 8.62. The molecule has 0 aliphatic carbocycles. The van der Waals surface area contributed by atoms with Crippen molar-refractivity contribution in [2.75, 3.05) is 24.7 Å². The molecule has 37 heavy (non-hydrogen) atoms. The van der Waals surface area contributed by atoms with E-state index < -0.39 is 46.8 Å². The Morgan fingerprint density at radius 1 is 1.19 bits per heavy atom. The van der Waals surface area contributed by atoms with Gasteiger partial charge >= 0.3 is 18.3 Å². The van der Waals surface area contributed by atoms with Crippen LogP contribution in [0.25, 0.3) is 6.08 Å². The first kappa shape index (κ1) is 30.4. The maximum atomic E-state index is 13.7. The van der Waals surface area contributed by atoms with E-state index in [0.29, 0.717) is 5.56 Å². The maximum Gasteiger partial charge on any atom is 0.511 e. The fourth-order valence-corrected chi connectivity index (χ4v) is 4.12. The predicted molar refractivity (Wildman–Crippen MR) is 127 cm³/mol. The zero-order chi connectivity index (χ0) is 28.0. The molecule has 0 saturated carbocycles. The van der Waals surface area contributed by atoms with Crippen LogP contribution in [0.4, 0.5) is 18.0 Å². The van der Waals surface area contributed by atoms with E-state index in [0.717, 1.165) is 13.0 Å². The van der Waals surface area contributed by atoms with Crippen LogP contribution < -0.4 is 4.74 Å². The van der Waals surface area contributed by atoms with Crippen molar-refractivity contribution < 1.29 is 51.6 Å². The summed E-state index contributed by atoms with van der Waals surface area (Å²) in [6, 6.07) is 2.81. The van der Waals surface area contributed by atoms with Gasteiger partial charge in [0.25, 0.3) is 5.09 Å². The molecule has 206 valence electrons. The average Bonchev–Trinajstić information content (AvgIpc) is 2.75. The summed E-state index contributed by atoms with van der Waals surface area (Å²) in [5.41, 5.74) is -0.606. The molecule has 0 saturated heterocycles. The molecule has 0 bridgehead atoms. The quantitative estimate of drug-likeness (QED) is 0.120. The fraction of sp³-hybridized carbons (Fsp3) is 0.545. The lowest BCUT2D eigenvalue weighted by atomic mass is 9.85. The fourth-order valence-electron chi connectivity index (χ4n) is 3.07. The average molecular weight is 572 g/mol. The smallest absolute Gasteiger partial charge is 0.475 e. The molecule has 1 unspecified atom stereocenters. The van der Waals surface area contributed by atoms with Gasteiger partial charge in [-0.15, -0.1) is 10.1 Å². The van der Waals surface area contributed by atoms with Crippen LogP contribution in [0.2, 0.25) is 5.02 Å². The van der Waals surface area contributed by atoms with Crippen LogP contribution in [0, 0.1) is 10.1 Å². The van der Waals surface area contributed by atoms with E-state index in [-0.39, 0.29) is 41.1 Å². The third kappa shape index (κ3) is 9.18. The Balaban J connectivity index is 2.01. The molecule has 0 fully saturated rings. The molecule has 0 aromatic heterocycles. The molecule has 1 aromatic rings. The highest BCUT2D eigenvalue weighted by molar-refractivity contribution is 7.99. The Bertz CT molecular complexity index is 1040. The van der Waals surface area contributed by atoms with E-state index >= 15 is 0 Å². The van der Waals surface area contributed by atoms with Crippen molar-refractivity contribution in [2.45, 2.75) is 51.7 Å². The number of esters is 1. The summed E-state index contributed by atoms with van der Waals surface area (Å²) in [5.74, 6) is -0.966. The lowest BCUT2D eigenvalue weighted by molar-refractivity contribution is -0.756. The molecule has 0 N–H and O–H groups in total. The largest absolute Gasteiger partial charge is 0.511 e. The number of alkyl halides is 3. The van der Waals surface area contributed by atoms with Crippen molar-refractivity contribution in [2.24, 2.45) is 0 Å². The van der Waals surface area contributed by atoms with Gasteiger partial charge in [0, 0.05) is 29.0 Å². The van der Waals surface area contributed by atoms with Crippen LogP contribution in [0.15, 0.2) is 17.7 Å². The molecule has 1 aliphatic rings. The van der Waals surface area contributed by atoms with Gasteiger partial charge in [0.15, 0.2) is 0 Å². The highest BCUT2D eigenvalue weighted by Gasteiger charge is 2.49. The monoisotopic (exact) mass is 571 g/mol. The maximum absolute atomic E-state index is 13.7. The molecule has 15 heteroatoms. The van der Waals surface area contributed by atoms with Gasteiger partial charge in [0.1, 0.15) is 19.0 Å². The van der Waals surface area contributed by atoms with Crippen LogP contribution in [-0.4, -0.2) is 60.5 Å². The Labute approximate surface area is 219 Å². The topological polar surface area (TPSA) is 123 Å². The van der Waals surface area contributed by atoms with Gasteiger partial charge in [-0.25, -0.2) is 9.59 Å². The minimum absolute atomic E-state index is 0.0936. The molecule has 0 radical (unpaired) electrons. The van der Waals surface area contributed by atoms with Crippen LogP contribution in [0.1, 0.15) is 38.8 Å². The lowest BCUT2D eigenvalue weighted by Crippen LogP contribution is -2.41. The molecule has 2 atom stereocenters. The molecular formula is C22H25ClF3NO9S. The van der Waals surface area contributed by atoms with Gasteiger partial charge in [-0.2, -0.15) is 24.9 Å². The first-order chi connectivity index (χ1) is 17.1. The summed E-state index contributed by atoms with van der Waals surface area (Å²) < 4.78 is 60.8. The number of thioether (sulfide) groups is 1. The summed E-state index contributed by atoms with van der Waals surface area (Å²) in [6.07, 6.45) is -9.39. The van der Waals surface area contributed by atoms with Crippen LogP contribution in [-0.2, 0) is 29.3 Å². The molecule has 0 spiro atoms. The van der Waals surface area contributed by atoms with Gasteiger partial charge in [0.05, 0.1) is 5.57 Å². The third-order valence-electron chi connectivity index (χ3n) is 4.69. The highest BCUT2D eigenvalue weighted by atomic mass is 35.5. The van der Waals surface area contributed by atoms with E-state index in [1.165, 1.54) is 23.9 Å². The van der Waals surface area contributed by atoms with Crippen molar-refractivity contribution in [3.63, 3.8) is 0 Å². The van der Waals surface area contributed by atoms with Crippen molar-refractivity contribution in [3.05, 3.63) is 44.0 Å². The molecule has 2 rings (SSSR count). The number of fused-ring (bicyclic) bond motifs is 1. The molecule has 1 aromatic carbocycles. The normalized spacial score (nSPS) is 16.0. The summed E-state index contributed by atoms with van der Waals surface area (Å²) >= 11 is 7.50. The number of rotatable bonds is 10. The predicted octanol–water partition coefficient (Wildman–Crippen LogP) is 5.33. The minimum atomic E-state index is -4.95. The summed E-state index contributed by atoms with van der Waals surface area (Å²) in [6.45, 7) is 6.36. The molecule has 0 amide bonds. The van der Waals surface area contributed by atoms with Gasteiger partial charge in [-0.1, -0.05) is 32.4 Å². The Hall–Kier alpha value is -2.87. The van der Waals surface area contributed by atoms with Gasteiger partial charge in [-0.05, 0) is 29.2 Å². The molecule has 1 heterocycles. The first-order valence-corrected chi connectivity index (χ1v) is 12.3. The van der Waals surface area contributed by atoms with Gasteiger partial charge < -0.3 is 23.8 Å². The van der Waals surface area contributed by atoms with Crippen LogP contribution in [0.5, 0.6) is 5.75 Å². The van der Waals surface area contributed by atoms with Crippen molar-refractivity contribution in [1.82, 2.24) is 0 Å². The van der Waals surface area contributed by atoms with Gasteiger partial charge in [0.2, 0.25) is 12.4 Å². The lowest BCUT2D eigenvalue weighted by Gasteiger charge is -2.30. The van der Waals surface area contributed by atoms with E-state index in [1.54, 1.807) is 0 Å². The van der Waals surface area contributed by atoms with Gasteiger partial charge in [-0.3, -0.25) is 0 Å². The van der Waals surface area contributed by atoms with Crippen molar-refractivity contribution >= 4 is 41.6 Å². The Morgan fingerprint density at radius 2 is 1.84 bits per heavy atom. The molecule has 10 nitrogen and oxygen atoms in total. The number of benzene rings is 1. The summed E-state index contributed by atoms with van der Waals surface area (Å²) in [5, 5.41) is 9.37. The number of carbonyl (C=O) groups is 2. The number of nitrogens with zero attached hydrogens (tertiary/aromatic N) is 1. The number of carbonyl (C=O) groups excluding carboxylic acids is 2. The Kier molecular flexibility index (Phi) is 10.3. The number of ether oxygens (including phenoxy) is 4. The highest BCUT2D eigenvalue weighted by Crippen LogP contribution is 2.42. The van der Waals surface area contributed by atoms with E-state index in [9.17, 15) is 32.9 Å². The Morgan fingerprint density at radius 3 is 2.43 bits per heavy atom. The van der Waals surface area contributed by atoms with Crippen molar-refractivity contribution in [3.8, 4) is 5.75 Å². The second kappa shape index (κ2) is 12.6. The first-order valence-electron chi connectivity index (χ1n) is 10.8. The molecular weight excluding hydrogens is 547 g/mol. The summed E-state index contributed by atoms with van der Waals surface area (Å²) in [7, 11) is 0. The van der Waals surface area contributed by atoms with Crippen LogP contribution in [0.3, 0.4) is 0 Å². The van der Waals surface area contributed by atoms with E-state index in [1.807, 2.05) is 20.8 Å². The van der Waals surface area contributed by atoms with E-state index in [4.69, 9.17) is 30.5 Å². The number of hydrogen-bond acceptors (Lipinski definition) is 10. The SMILES string of the molecule is CC(OC(=O)OCCSCCO[N+](=O)[O-])OC(=O)C1=Cc2cc(Cl)c(C(C)(C)C)cc2O[C@@H]1C(F)(F)F. The summed E-state index contributed by atoms with van der Waals surface area (Å²) in [4.78, 5) is 38.4. The zero-order valence-corrected chi connectivity index (χ0v) is 21.8.